The van der Waals surface area contributed by atoms with E-state index >= 15 is 0 Å². The lowest BCUT2D eigenvalue weighted by atomic mass is 10.0. The molecule has 10 aromatic rings. The van der Waals surface area contributed by atoms with Gasteiger partial charge in [0.2, 0.25) is 11.8 Å². The number of hydrogen-bond donors (Lipinski definition) is 4. The molecule has 10 rings (SSSR count). The molecule has 0 aromatic carbocycles. The predicted octanol–water partition coefficient (Wildman–Crippen LogP) is 7.95. The van der Waals surface area contributed by atoms with Crippen LogP contribution in [-0.4, -0.2) is 71.2 Å². The molecule has 10 heterocycles. The Kier molecular flexibility index (Phi) is 10.5. The number of aromatic amines is 2. The lowest BCUT2D eigenvalue weighted by Crippen LogP contribution is -2.16. The van der Waals surface area contributed by atoms with Crippen LogP contribution in [0.5, 0.6) is 0 Å². The Labute approximate surface area is 372 Å². The molecule has 0 radical (unpaired) electrons. The van der Waals surface area contributed by atoms with Gasteiger partial charge in [-0.15, -0.1) is 0 Å². The van der Waals surface area contributed by atoms with Crippen molar-refractivity contribution in [1.29, 1.82) is 0 Å². The van der Waals surface area contributed by atoms with Gasteiger partial charge in [0.05, 0.1) is 86.7 Å². The van der Waals surface area contributed by atoms with Gasteiger partial charge in [0.25, 0.3) is 0 Å². The number of hydrogen-bond acceptors (Lipinski definition) is 10. The Morgan fingerprint density at radius 1 is 0.615 bits per heavy atom. The number of rotatable bonds is 12. The molecule has 65 heavy (non-hydrogen) atoms. The van der Waals surface area contributed by atoms with Crippen LogP contribution in [0.15, 0.2) is 122 Å². The smallest absolute Gasteiger partial charge is 0.231 e. The predicted molar refractivity (Wildman–Crippen MR) is 249 cm³/mol. The second-order valence-electron chi connectivity index (χ2n) is 15.8. The number of pyridine rings is 6. The van der Waals surface area contributed by atoms with Crippen LogP contribution < -0.4 is 10.6 Å². The summed E-state index contributed by atoms with van der Waals surface area (Å²) in [4.78, 5) is 61.5. The highest BCUT2D eigenvalue weighted by atomic mass is 16.2. The van der Waals surface area contributed by atoms with Crippen molar-refractivity contribution in [2.45, 2.75) is 40.2 Å². The third kappa shape index (κ3) is 8.11. The molecule has 0 aliphatic heterocycles. The van der Waals surface area contributed by atoms with Crippen LogP contribution in [0, 0.1) is 20.8 Å². The molecular formula is C49H42N14O2. The highest BCUT2D eigenvalue weighted by Gasteiger charge is 2.22. The van der Waals surface area contributed by atoms with Crippen molar-refractivity contribution >= 4 is 45.5 Å². The zero-order valence-corrected chi connectivity index (χ0v) is 36.0. The maximum atomic E-state index is 13.6. The first-order valence-corrected chi connectivity index (χ1v) is 21.0. The number of aryl methyl sites for hydroxylation is 3. The average Bonchev–Trinajstić information content (AvgIpc) is 4.05. The normalized spacial score (nSPS) is 11.4. The van der Waals surface area contributed by atoms with Gasteiger partial charge in [0.1, 0.15) is 11.6 Å². The number of H-pyrrole nitrogens is 2. The summed E-state index contributed by atoms with van der Waals surface area (Å²) in [5.41, 5.74) is 14.8. The van der Waals surface area contributed by atoms with E-state index in [1.807, 2.05) is 118 Å². The van der Waals surface area contributed by atoms with Gasteiger partial charge < -0.3 is 20.6 Å². The van der Waals surface area contributed by atoms with Gasteiger partial charge in [-0.1, -0.05) is 12.1 Å². The van der Waals surface area contributed by atoms with E-state index in [9.17, 15) is 9.59 Å². The van der Waals surface area contributed by atoms with Crippen molar-refractivity contribution in [3.8, 4) is 45.0 Å². The quantitative estimate of drug-likeness (QED) is 0.0934. The summed E-state index contributed by atoms with van der Waals surface area (Å²) in [6.07, 6.45) is 10.7. The number of carbonyl (C=O) groups excluding carboxylic acids is 2. The van der Waals surface area contributed by atoms with Gasteiger partial charge in [-0.05, 0) is 99.1 Å². The summed E-state index contributed by atoms with van der Waals surface area (Å²) < 4.78 is 3.65. The highest BCUT2D eigenvalue weighted by molar-refractivity contribution is 6.02. The minimum absolute atomic E-state index is 0.112. The van der Waals surface area contributed by atoms with Crippen molar-refractivity contribution in [3.05, 3.63) is 156 Å². The lowest BCUT2D eigenvalue weighted by Gasteiger charge is -2.09. The first-order valence-electron chi connectivity index (χ1n) is 21.0. The molecule has 10 aromatic heterocycles. The number of nitrogens with one attached hydrogen (secondary N) is 4. The van der Waals surface area contributed by atoms with Crippen LogP contribution in [0.3, 0.4) is 0 Å². The van der Waals surface area contributed by atoms with Crippen LogP contribution in [-0.2, 0) is 36.0 Å². The number of carbonyl (C=O) groups is 2. The van der Waals surface area contributed by atoms with E-state index in [1.54, 1.807) is 35.7 Å². The van der Waals surface area contributed by atoms with E-state index in [4.69, 9.17) is 10.1 Å². The fourth-order valence-electron chi connectivity index (χ4n) is 8.22. The first kappa shape index (κ1) is 40.4. The van der Waals surface area contributed by atoms with E-state index < -0.39 is 0 Å². The average molecular weight is 859 g/mol. The minimum Gasteiger partial charge on any atom is -0.353 e. The van der Waals surface area contributed by atoms with Gasteiger partial charge >= 0.3 is 0 Å². The summed E-state index contributed by atoms with van der Waals surface area (Å²) in [5, 5.41) is 15.2. The van der Waals surface area contributed by atoms with E-state index in [1.165, 1.54) is 0 Å². The van der Waals surface area contributed by atoms with Crippen LogP contribution in [0.2, 0.25) is 0 Å². The van der Waals surface area contributed by atoms with E-state index in [0.29, 0.717) is 23.9 Å². The molecule has 4 N–H and O–H groups in total. The molecule has 0 saturated carbocycles. The summed E-state index contributed by atoms with van der Waals surface area (Å²) in [6, 6.07) is 26.8. The monoisotopic (exact) mass is 858 g/mol. The SMILES string of the molecule is Cc1nn(Cc2cnc3c(-c4ccccn4)c(-c4ccnc(NC(=O)Cc5cc(C)n(C)n5)c4)[nH]c3c2)c(C)c1CC(=O)Nc1cc(-c2[nH]c3cccnc3c2-c2ccccn2)ccn1. The molecule has 0 fully saturated rings. The fraction of sp³-hybridized carbons (Fsp3) is 0.143. The van der Waals surface area contributed by atoms with Crippen LogP contribution in [0.1, 0.15) is 33.9 Å². The fourth-order valence-corrected chi connectivity index (χ4v) is 8.22. The maximum Gasteiger partial charge on any atom is 0.231 e. The molecule has 0 bridgehead atoms. The third-order valence-electron chi connectivity index (χ3n) is 11.4. The van der Waals surface area contributed by atoms with E-state index in [-0.39, 0.29) is 24.7 Å². The molecule has 0 spiro atoms. The van der Waals surface area contributed by atoms with Gasteiger partial charge in [0, 0.05) is 72.3 Å². The maximum absolute atomic E-state index is 13.6. The molecule has 16 nitrogen and oxygen atoms in total. The minimum atomic E-state index is -0.216. The Morgan fingerprint density at radius 2 is 1.23 bits per heavy atom. The largest absolute Gasteiger partial charge is 0.353 e. The van der Waals surface area contributed by atoms with Gasteiger partial charge in [0.15, 0.2) is 0 Å². The molecule has 0 aliphatic carbocycles. The van der Waals surface area contributed by atoms with Crippen LogP contribution >= 0.6 is 0 Å². The topological polar surface area (TPSA) is 203 Å². The second-order valence-corrected chi connectivity index (χ2v) is 15.8. The second kappa shape index (κ2) is 16.9. The van der Waals surface area contributed by atoms with Gasteiger partial charge in [-0.3, -0.25) is 38.9 Å². The Balaban J connectivity index is 0.880. The molecule has 0 atom stereocenters. The summed E-state index contributed by atoms with van der Waals surface area (Å²) in [5.74, 6) is 0.407. The van der Waals surface area contributed by atoms with Crippen LogP contribution in [0.25, 0.3) is 67.1 Å². The molecule has 0 saturated heterocycles. The number of fused-ring (bicyclic) bond motifs is 2. The number of amides is 2. The van der Waals surface area contributed by atoms with Crippen molar-refractivity contribution < 1.29 is 9.59 Å². The third-order valence-corrected chi connectivity index (χ3v) is 11.4. The van der Waals surface area contributed by atoms with Crippen molar-refractivity contribution in [2.75, 3.05) is 10.6 Å². The highest BCUT2D eigenvalue weighted by Crippen LogP contribution is 2.38. The summed E-state index contributed by atoms with van der Waals surface area (Å²) >= 11 is 0. The Bertz CT molecular complexity index is 3380. The molecule has 2 amide bonds. The number of anilines is 2. The summed E-state index contributed by atoms with van der Waals surface area (Å²) in [7, 11) is 1.85. The number of aromatic nitrogens is 12. The van der Waals surface area contributed by atoms with Crippen molar-refractivity contribution in [2.24, 2.45) is 7.05 Å². The molecule has 0 unspecified atom stereocenters. The van der Waals surface area contributed by atoms with Crippen LogP contribution in [0.4, 0.5) is 11.6 Å². The van der Waals surface area contributed by atoms with Gasteiger partial charge in [-0.2, -0.15) is 10.2 Å². The molecule has 16 heteroatoms. The standard InChI is InChI=1S/C49H42N14O2/c1-28-20-34(61-62(28)4)24-42(64)58-40-23-33(14-19-52-40)47-45(37-11-6-8-16-51-37)49-39(57-47)21-31(26-55-49)27-63-30(3)35(29(2)60-63)25-43(65)59-41-22-32(13-18-53-41)46-44(36-10-5-7-15-50-36)48-38(56-46)12-9-17-54-48/h5-23,26,56-57H,24-25,27H2,1-4H3,(H,52,58,64)(H,53,59,65). The van der Waals surface area contributed by atoms with E-state index in [2.05, 4.69) is 56.7 Å². The number of nitrogens with zero attached hydrogens (tertiary/aromatic N) is 10. The Hall–Kier alpha value is -8.66. The molecule has 320 valence electrons. The molecular weight excluding hydrogens is 817 g/mol. The van der Waals surface area contributed by atoms with Gasteiger partial charge in [-0.25, -0.2) is 9.97 Å². The van der Waals surface area contributed by atoms with Crippen molar-refractivity contribution in [3.63, 3.8) is 0 Å². The zero-order chi connectivity index (χ0) is 44.6. The first-order chi connectivity index (χ1) is 31.6. The zero-order valence-electron chi connectivity index (χ0n) is 36.0. The lowest BCUT2D eigenvalue weighted by molar-refractivity contribution is -0.116. The molecule has 0 aliphatic rings. The Morgan fingerprint density at radius 3 is 1.85 bits per heavy atom. The van der Waals surface area contributed by atoms with Crippen molar-refractivity contribution in [1.82, 2.24) is 59.4 Å². The summed E-state index contributed by atoms with van der Waals surface area (Å²) in [6.45, 7) is 6.25. The van der Waals surface area contributed by atoms with E-state index in [0.717, 1.165) is 95.3 Å².